The molecule has 0 saturated carbocycles. The van der Waals surface area contributed by atoms with Crippen LogP contribution in [0.3, 0.4) is 0 Å². The summed E-state index contributed by atoms with van der Waals surface area (Å²) in [5.74, 6) is 0.194. The summed E-state index contributed by atoms with van der Waals surface area (Å²) in [5.41, 5.74) is 0.606. The highest BCUT2D eigenvalue weighted by Gasteiger charge is 2.05. The Kier molecular flexibility index (Phi) is 2.14. The molecule has 0 atom stereocenters. The first-order valence-corrected chi connectivity index (χ1v) is 4.83. The van der Waals surface area contributed by atoms with Gasteiger partial charge in [-0.25, -0.2) is 0 Å². The standard InChI is InChI=1S/C11H6BrNO/c12-10-5-9(14)4-7-2-1-3-8(6-13)11(7)10/h1-5,14H. The third-order valence-corrected chi connectivity index (χ3v) is 2.66. The van der Waals surface area contributed by atoms with Crippen molar-refractivity contribution in [1.29, 1.82) is 5.26 Å². The molecule has 2 aromatic carbocycles. The third kappa shape index (κ3) is 1.34. The van der Waals surface area contributed by atoms with Crippen molar-refractivity contribution in [2.75, 3.05) is 0 Å². The molecule has 0 radical (unpaired) electrons. The summed E-state index contributed by atoms with van der Waals surface area (Å²) in [6.45, 7) is 0. The van der Waals surface area contributed by atoms with Crippen LogP contribution >= 0.6 is 15.9 Å². The SMILES string of the molecule is N#Cc1cccc2cc(O)cc(Br)c12. The van der Waals surface area contributed by atoms with Gasteiger partial charge in [-0.2, -0.15) is 5.26 Å². The lowest BCUT2D eigenvalue weighted by atomic mass is 10.1. The van der Waals surface area contributed by atoms with Crippen LogP contribution in [0.2, 0.25) is 0 Å². The molecule has 2 aromatic rings. The van der Waals surface area contributed by atoms with Gasteiger partial charge in [0.05, 0.1) is 11.6 Å². The van der Waals surface area contributed by atoms with Gasteiger partial charge in [-0.15, -0.1) is 0 Å². The number of phenolic OH excluding ortho intramolecular Hbond substituents is 1. The molecule has 1 N–H and O–H groups in total. The second-order valence-electron chi connectivity index (χ2n) is 2.94. The second-order valence-corrected chi connectivity index (χ2v) is 3.80. The summed E-state index contributed by atoms with van der Waals surface area (Å²) < 4.78 is 0.740. The van der Waals surface area contributed by atoms with Crippen LogP contribution in [0.15, 0.2) is 34.8 Å². The maximum atomic E-state index is 9.36. The molecule has 0 fully saturated rings. The average Bonchev–Trinajstić information content (AvgIpc) is 2.16. The van der Waals surface area contributed by atoms with Gasteiger partial charge in [-0.1, -0.05) is 12.1 Å². The number of nitrogens with zero attached hydrogens (tertiary/aromatic N) is 1. The highest BCUT2D eigenvalue weighted by atomic mass is 79.9. The van der Waals surface area contributed by atoms with E-state index in [-0.39, 0.29) is 5.75 Å². The molecule has 0 saturated heterocycles. The molecular weight excluding hydrogens is 242 g/mol. The summed E-state index contributed by atoms with van der Waals surface area (Å²) in [7, 11) is 0. The summed E-state index contributed by atoms with van der Waals surface area (Å²) in [5, 5.41) is 20.0. The first-order chi connectivity index (χ1) is 6.72. The molecular formula is C11H6BrNO. The summed E-state index contributed by atoms with van der Waals surface area (Å²) in [6.07, 6.45) is 0. The van der Waals surface area contributed by atoms with Crippen molar-refractivity contribution in [3.05, 3.63) is 40.4 Å². The number of benzene rings is 2. The van der Waals surface area contributed by atoms with Gasteiger partial charge in [0.1, 0.15) is 5.75 Å². The number of hydrogen-bond donors (Lipinski definition) is 1. The molecule has 68 valence electrons. The topological polar surface area (TPSA) is 44.0 Å². The molecule has 2 nitrogen and oxygen atoms in total. The van der Waals surface area contributed by atoms with Gasteiger partial charge in [0, 0.05) is 9.86 Å². The van der Waals surface area contributed by atoms with E-state index in [9.17, 15) is 5.11 Å². The van der Waals surface area contributed by atoms with Gasteiger partial charge in [0.25, 0.3) is 0 Å². The highest BCUT2D eigenvalue weighted by Crippen LogP contribution is 2.30. The Labute approximate surface area is 89.5 Å². The third-order valence-electron chi connectivity index (χ3n) is 2.03. The Morgan fingerprint density at radius 1 is 1.29 bits per heavy atom. The van der Waals surface area contributed by atoms with Crippen molar-refractivity contribution in [3.8, 4) is 11.8 Å². The number of fused-ring (bicyclic) bond motifs is 1. The Morgan fingerprint density at radius 2 is 2.07 bits per heavy atom. The quantitative estimate of drug-likeness (QED) is 0.778. The molecule has 0 aliphatic rings. The summed E-state index contributed by atoms with van der Waals surface area (Å²) in [4.78, 5) is 0. The molecule has 14 heavy (non-hydrogen) atoms. The molecule has 0 aliphatic heterocycles. The van der Waals surface area contributed by atoms with Crippen molar-refractivity contribution in [1.82, 2.24) is 0 Å². The van der Waals surface area contributed by atoms with Crippen LogP contribution in [-0.4, -0.2) is 5.11 Å². The fourth-order valence-electron chi connectivity index (χ4n) is 1.45. The van der Waals surface area contributed by atoms with Crippen LogP contribution < -0.4 is 0 Å². The highest BCUT2D eigenvalue weighted by molar-refractivity contribution is 9.10. The Morgan fingerprint density at radius 3 is 2.79 bits per heavy atom. The van der Waals surface area contributed by atoms with E-state index in [2.05, 4.69) is 22.0 Å². The minimum absolute atomic E-state index is 0.194. The Balaban J connectivity index is 2.96. The van der Waals surface area contributed by atoms with Crippen molar-refractivity contribution in [2.24, 2.45) is 0 Å². The zero-order valence-electron chi connectivity index (χ0n) is 7.16. The van der Waals surface area contributed by atoms with Crippen LogP contribution in [0.1, 0.15) is 5.56 Å². The zero-order valence-corrected chi connectivity index (χ0v) is 8.75. The fourth-order valence-corrected chi connectivity index (χ4v) is 2.13. The van der Waals surface area contributed by atoms with Crippen molar-refractivity contribution < 1.29 is 5.11 Å². The lowest BCUT2D eigenvalue weighted by molar-refractivity contribution is 0.476. The molecule has 0 spiro atoms. The number of aromatic hydroxyl groups is 1. The van der Waals surface area contributed by atoms with Gasteiger partial charge in [0.15, 0.2) is 0 Å². The predicted octanol–water partition coefficient (Wildman–Crippen LogP) is 3.18. The molecule has 0 aromatic heterocycles. The van der Waals surface area contributed by atoms with Gasteiger partial charge in [-0.3, -0.25) is 0 Å². The minimum Gasteiger partial charge on any atom is -0.508 e. The van der Waals surface area contributed by atoms with Crippen LogP contribution in [0.5, 0.6) is 5.75 Å². The second kappa shape index (κ2) is 3.32. The Hall–Kier alpha value is -1.53. The van der Waals surface area contributed by atoms with Crippen molar-refractivity contribution in [3.63, 3.8) is 0 Å². The van der Waals surface area contributed by atoms with Crippen molar-refractivity contribution in [2.45, 2.75) is 0 Å². The van der Waals surface area contributed by atoms with Crippen LogP contribution in [0, 0.1) is 11.3 Å². The lowest BCUT2D eigenvalue weighted by Gasteiger charge is -2.03. The molecule has 0 heterocycles. The lowest BCUT2D eigenvalue weighted by Crippen LogP contribution is -1.81. The van der Waals surface area contributed by atoms with Gasteiger partial charge >= 0.3 is 0 Å². The van der Waals surface area contributed by atoms with Gasteiger partial charge < -0.3 is 5.11 Å². The molecule has 0 unspecified atom stereocenters. The van der Waals surface area contributed by atoms with E-state index in [1.165, 1.54) is 0 Å². The van der Waals surface area contributed by atoms with E-state index in [4.69, 9.17) is 5.26 Å². The fraction of sp³-hybridized carbons (Fsp3) is 0. The van der Waals surface area contributed by atoms with E-state index in [1.54, 1.807) is 24.3 Å². The van der Waals surface area contributed by atoms with Crippen LogP contribution in [-0.2, 0) is 0 Å². The maximum absolute atomic E-state index is 9.36. The number of phenols is 1. The Bertz CT molecular complexity index is 543. The number of nitriles is 1. The average molecular weight is 248 g/mol. The van der Waals surface area contributed by atoms with E-state index in [0.29, 0.717) is 5.56 Å². The largest absolute Gasteiger partial charge is 0.508 e. The number of hydrogen-bond acceptors (Lipinski definition) is 2. The molecule has 0 bridgehead atoms. The molecule has 0 aliphatic carbocycles. The predicted molar refractivity (Wildman–Crippen MR) is 58.0 cm³/mol. The first-order valence-electron chi connectivity index (χ1n) is 4.03. The van der Waals surface area contributed by atoms with E-state index in [0.717, 1.165) is 15.2 Å². The molecule has 2 rings (SSSR count). The normalized spacial score (nSPS) is 10.0. The van der Waals surface area contributed by atoms with E-state index < -0.39 is 0 Å². The van der Waals surface area contributed by atoms with Crippen LogP contribution in [0.25, 0.3) is 10.8 Å². The van der Waals surface area contributed by atoms with Gasteiger partial charge in [0.2, 0.25) is 0 Å². The minimum atomic E-state index is 0.194. The summed E-state index contributed by atoms with van der Waals surface area (Å²) in [6, 6.07) is 10.8. The monoisotopic (exact) mass is 247 g/mol. The molecule has 3 heteroatoms. The number of rotatable bonds is 0. The molecule has 0 amide bonds. The van der Waals surface area contributed by atoms with Crippen LogP contribution in [0.4, 0.5) is 0 Å². The number of halogens is 1. The summed E-state index contributed by atoms with van der Waals surface area (Å²) >= 11 is 3.33. The van der Waals surface area contributed by atoms with E-state index in [1.807, 2.05) is 6.07 Å². The van der Waals surface area contributed by atoms with E-state index >= 15 is 0 Å². The smallest absolute Gasteiger partial charge is 0.117 e. The van der Waals surface area contributed by atoms with Gasteiger partial charge in [-0.05, 0) is 39.5 Å². The van der Waals surface area contributed by atoms with Crippen molar-refractivity contribution >= 4 is 26.7 Å². The zero-order chi connectivity index (χ0) is 10.1. The maximum Gasteiger partial charge on any atom is 0.117 e. The first kappa shape index (κ1) is 9.04.